The van der Waals surface area contributed by atoms with Crippen molar-refractivity contribution in [2.75, 3.05) is 12.3 Å². The lowest BCUT2D eigenvalue weighted by molar-refractivity contribution is 0.0949. The smallest absolute Gasteiger partial charge is 0.269 e. The van der Waals surface area contributed by atoms with Crippen LogP contribution in [0.3, 0.4) is 0 Å². The summed E-state index contributed by atoms with van der Waals surface area (Å²) in [5, 5.41) is 2.75. The topological polar surface area (TPSA) is 68.0 Å². The summed E-state index contributed by atoms with van der Waals surface area (Å²) in [7, 11) is 0. The molecule has 98 valence electrons. The van der Waals surface area contributed by atoms with Gasteiger partial charge >= 0.3 is 0 Å². The first-order chi connectivity index (χ1) is 9.15. The number of benzene rings is 1. The third kappa shape index (κ3) is 3.77. The maximum absolute atomic E-state index is 12.7. The van der Waals surface area contributed by atoms with E-state index in [9.17, 15) is 9.18 Å². The number of halogens is 1. The zero-order valence-corrected chi connectivity index (χ0v) is 10.3. The van der Waals surface area contributed by atoms with E-state index in [2.05, 4.69) is 10.3 Å². The summed E-state index contributed by atoms with van der Waals surface area (Å²) >= 11 is 0. The summed E-state index contributed by atoms with van der Waals surface area (Å²) in [4.78, 5) is 15.7. The number of nitrogens with zero attached hydrogens (tertiary/aromatic N) is 1. The summed E-state index contributed by atoms with van der Waals surface area (Å²) in [5.74, 6) is -0.513. The van der Waals surface area contributed by atoms with E-state index in [0.29, 0.717) is 24.3 Å². The number of hydrogen-bond acceptors (Lipinski definition) is 3. The van der Waals surface area contributed by atoms with Crippen LogP contribution in [0.1, 0.15) is 16.1 Å². The van der Waals surface area contributed by atoms with E-state index in [-0.39, 0.29) is 11.7 Å². The fourth-order valence-electron chi connectivity index (χ4n) is 1.60. The van der Waals surface area contributed by atoms with Crippen molar-refractivity contribution >= 4 is 11.6 Å². The fraction of sp³-hybridized carbons (Fsp3) is 0.143. The van der Waals surface area contributed by atoms with Gasteiger partial charge in [0.2, 0.25) is 0 Å². The highest BCUT2D eigenvalue weighted by Crippen LogP contribution is 2.03. The molecule has 0 saturated heterocycles. The highest BCUT2D eigenvalue weighted by Gasteiger charge is 2.05. The third-order valence-electron chi connectivity index (χ3n) is 2.63. The quantitative estimate of drug-likeness (QED) is 0.879. The normalized spacial score (nSPS) is 10.2. The molecule has 1 aromatic carbocycles. The van der Waals surface area contributed by atoms with Gasteiger partial charge in [0, 0.05) is 6.54 Å². The first-order valence-electron chi connectivity index (χ1n) is 5.89. The van der Waals surface area contributed by atoms with E-state index in [1.807, 2.05) is 0 Å². The molecule has 3 N–H and O–H groups in total. The Morgan fingerprint density at radius 3 is 2.58 bits per heavy atom. The average molecular weight is 259 g/mol. The van der Waals surface area contributed by atoms with Gasteiger partial charge < -0.3 is 11.1 Å². The SMILES string of the molecule is Nc1ccc(C(=O)NCCc2ccc(F)cc2)nc1. The molecule has 1 heterocycles. The van der Waals surface area contributed by atoms with Crippen molar-refractivity contribution in [1.82, 2.24) is 10.3 Å². The van der Waals surface area contributed by atoms with Gasteiger partial charge in [0.25, 0.3) is 5.91 Å². The number of hydrogen-bond donors (Lipinski definition) is 2. The maximum atomic E-state index is 12.7. The minimum Gasteiger partial charge on any atom is -0.397 e. The van der Waals surface area contributed by atoms with Crippen LogP contribution in [0.5, 0.6) is 0 Å². The van der Waals surface area contributed by atoms with Crippen LogP contribution in [0.4, 0.5) is 10.1 Å². The Bertz CT molecular complexity index is 552. The van der Waals surface area contributed by atoms with Gasteiger partial charge in [-0.05, 0) is 36.2 Å². The molecule has 0 bridgehead atoms. The number of anilines is 1. The average Bonchev–Trinajstić information content (AvgIpc) is 2.41. The van der Waals surface area contributed by atoms with E-state index in [4.69, 9.17) is 5.73 Å². The predicted molar refractivity (Wildman–Crippen MR) is 71.1 cm³/mol. The summed E-state index contributed by atoms with van der Waals surface area (Å²) < 4.78 is 12.7. The maximum Gasteiger partial charge on any atom is 0.269 e. The molecule has 4 nitrogen and oxygen atoms in total. The van der Waals surface area contributed by atoms with Crippen molar-refractivity contribution in [3.05, 3.63) is 59.7 Å². The van der Waals surface area contributed by atoms with Crippen molar-refractivity contribution in [3.63, 3.8) is 0 Å². The predicted octanol–water partition coefficient (Wildman–Crippen LogP) is 1.78. The van der Waals surface area contributed by atoms with E-state index in [1.54, 1.807) is 24.3 Å². The van der Waals surface area contributed by atoms with E-state index < -0.39 is 0 Å². The Morgan fingerprint density at radius 1 is 1.21 bits per heavy atom. The molecule has 0 aliphatic rings. The van der Waals surface area contributed by atoms with Crippen LogP contribution >= 0.6 is 0 Å². The minimum atomic E-state index is -0.265. The summed E-state index contributed by atoms with van der Waals surface area (Å²) in [5.41, 5.74) is 7.30. The molecular formula is C14H14FN3O. The lowest BCUT2D eigenvalue weighted by Crippen LogP contribution is -2.26. The zero-order valence-electron chi connectivity index (χ0n) is 10.3. The first-order valence-corrected chi connectivity index (χ1v) is 5.89. The molecule has 2 aromatic rings. The molecule has 0 atom stereocenters. The van der Waals surface area contributed by atoms with E-state index in [1.165, 1.54) is 18.3 Å². The Hall–Kier alpha value is -2.43. The Balaban J connectivity index is 1.84. The van der Waals surface area contributed by atoms with Crippen LogP contribution in [0.25, 0.3) is 0 Å². The van der Waals surface area contributed by atoms with Gasteiger partial charge in [-0.3, -0.25) is 4.79 Å². The van der Waals surface area contributed by atoms with Gasteiger partial charge in [-0.1, -0.05) is 12.1 Å². The molecule has 1 amide bonds. The van der Waals surface area contributed by atoms with Crippen molar-refractivity contribution < 1.29 is 9.18 Å². The minimum absolute atomic E-state index is 0.248. The Morgan fingerprint density at radius 2 is 1.95 bits per heavy atom. The summed E-state index contributed by atoms with van der Waals surface area (Å²) in [6.45, 7) is 0.469. The molecule has 1 aromatic heterocycles. The van der Waals surface area contributed by atoms with Crippen LogP contribution in [0.15, 0.2) is 42.6 Å². The van der Waals surface area contributed by atoms with Gasteiger partial charge in [-0.2, -0.15) is 0 Å². The second kappa shape index (κ2) is 5.95. The molecule has 0 unspecified atom stereocenters. The molecule has 19 heavy (non-hydrogen) atoms. The van der Waals surface area contributed by atoms with Crippen molar-refractivity contribution in [1.29, 1.82) is 0 Å². The number of amides is 1. The summed E-state index contributed by atoms with van der Waals surface area (Å²) in [6, 6.07) is 9.40. The Kier molecular flexibility index (Phi) is 4.07. The summed E-state index contributed by atoms with van der Waals surface area (Å²) in [6.07, 6.45) is 2.08. The van der Waals surface area contributed by atoms with Crippen molar-refractivity contribution in [3.8, 4) is 0 Å². The van der Waals surface area contributed by atoms with Crippen molar-refractivity contribution in [2.45, 2.75) is 6.42 Å². The number of carbonyl (C=O) groups is 1. The molecule has 0 saturated carbocycles. The van der Waals surface area contributed by atoms with Crippen LogP contribution in [0, 0.1) is 5.82 Å². The van der Waals surface area contributed by atoms with Crippen molar-refractivity contribution in [2.24, 2.45) is 0 Å². The standard InChI is InChI=1S/C14H14FN3O/c15-11-3-1-10(2-4-11)7-8-17-14(19)13-6-5-12(16)9-18-13/h1-6,9H,7-8,16H2,(H,17,19). The number of aromatic nitrogens is 1. The van der Waals surface area contributed by atoms with Gasteiger partial charge in [-0.15, -0.1) is 0 Å². The van der Waals surface area contributed by atoms with Crippen LogP contribution < -0.4 is 11.1 Å². The lowest BCUT2D eigenvalue weighted by Gasteiger charge is -2.05. The third-order valence-corrected chi connectivity index (χ3v) is 2.63. The lowest BCUT2D eigenvalue weighted by atomic mass is 10.1. The molecule has 0 spiro atoms. The monoisotopic (exact) mass is 259 g/mol. The molecular weight excluding hydrogens is 245 g/mol. The number of nitrogen functional groups attached to an aromatic ring is 1. The second-order valence-electron chi connectivity index (χ2n) is 4.11. The molecule has 0 aliphatic heterocycles. The second-order valence-corrected chi connectivity index (χ2v) is 4.11. The first kappa shape index (κ1) is 13.0. The number of nitrogens with two attached hydrogens (primary N) is 1. The van der Waals surface area contributed by atoms with Crippen LogP contribution in [0.2, 0.25) is 0 Å². The fourth-order valence-corrected chi connectivity index (χ4v) is 1.60. The number of pyridine rings is 1. The molecule has 5 heteroatoms. The number of nitrogens with one attached hydrogen (secondary N) is 1. The highest BCUT2D eigenvalue weighted by atomic mass is 19.1. The zero-order chi connectivity index (χ0) is 13.7. The van der Waals surface area contributed by atoms with Crippen LogP contribution in [-0.4, -0.2) is 17.4 Å². The number of rotatable bonds is 4. The van der Waals surface area contributed by atoms with Gasteiger partial charge in [0.1, 0.15) is 11.5 Å². The highest BCUT2D eigenvalue weighted by molar-refractivity contribution is 5.92. The molecule has 0 radical (unpaired) electrons. The largest absolute Gasteiger partial charge is 0.397 e. The molecule has 2 rings (SSSR count). The van der Waals surface area contributed by atoms with E-state index in [0.717, 1.165) is 5.56 Å². The van der Waals surface area contributed by atoms with Gasteiger partial charge in [0.15, 0.2) is 0 Å². The van der Waals surface area contributed by atoms with Crippen LogP contribution in [-0.2, 0) is 6.42 Å². The molecule has 0 aliphatic carbocycles. The van der Waals surface area contributed by atoms with Gasteiger partial charge in [0.05, 0.1) is 11.9 Å². The van der Waals surface area contributed by atoms with Gasteiger partial charge in [-0.25, -0.2) is 9.37 Å². The van der Waals surface area contributed by atoms with E-state index >= 15 is 0 Å². The Labute approximate surface area is 110 Å². The number of carbonyl (C=O) groups excluding carboxylic acids is 1. The molecule has 0 fully saturated rings.